The molecule has 0 aromatic heterocycles. The summed E-state index contributed by atoms with van der Waals surface area (Å²) < 4.78 is 0. The Kier molecular flexibility index (Phi) is 8.19. The van der Waals surface area contributed by atoms with Crippen LogP contribution in [0.25, 0.3) is 0 Å². The van der Waals surface area contributed by atoms with Gasteiger partial charge >= 0.3 is 0 Å². The molecule has 0 heterocycles. The summed E-state index contributed by atoms with van der Waals surface area (Å²) in [4.78, 5) is 18.5. The molecule has 3 nitrogen and oxygen atoms in total. The molecule has 2 N–H and O–H groups in total. The fourth-order valence-corrected chi connectivity index (χ4v) is 1.08. The predicted molar refractivity (Wildman–Crippen MR) is 47.3 cm³/mol. The molecule has 0 aromatic rings. The molecule has 0 radical (unpaired) electrons. The second-order valence-electron chi connectivity index (χ2n) is 2.45. The van der Waals surface area contributed by atoms with E-state index in [2.05, 4.69) is 12.2 Å². The fourth-order valence-electron chi connectivity index (χ4n) is 0.796. The van der Waals surface area contributed by atoms with Crippen LogP contribution in [0.2, 0.25) is 0 Å². The third-order valence-corrected chi connectivity index (χ3v) is 1.78. The molecule has 1 atom stereocenters. The van der Waals surface area contributed by atoms with Gasteiger partial charge in [-0.2, -0.15) is 4.89 Å². The van der Waals surface area contributed by atoms with Crippen LogP contribution in [0.15, 0.2) is 0 Å². The Morgan fingerprint density at radius 3 is 2.73 bits per heavy atom. The molecule has 4 heteroatoms. The van der Waals surface area contributed by atoms with E-state index in [1.54, 1.807) is 0 Å². The minimum atomic E-state index is -2.11. The van der Waals surface area contributed by atoms with Crippen LogP contribution in [0.3, 0.4) is 0 Å². The molecule has 66 valence electrons. The lowest BCUT2D eigenvalue weighted by molar-refractivity contribution is -0.167. The average molecular weight is 177 g/mol. The van der Waals surface area contributed by atoms with Gasteiger partial charge in [0, 0.05) is 6.54 Å². The van der Waals surface area contributed by atoms with Crippen molar-refractivity contribution in [3.05, 3.63) is 0 Å². The van der Waals surface area contributed by atoms with E-state index in [0.29, 0.717) is 0 Å². The van der Waals surface area contributed by atoms with E-state index < -0.39 is 8.00 Å². The minimum absolute atomic E-state index is 0.807. The van der Waals surface area contributed by atoms with Gasteiger partial charge in [0.1, 0.15) is 0 Å². The van der Waals surface area contributed by atoms with Gasteiger partial charge in [-0.05, 0) is 6.42 Å². The molecule has 0 aromatic carbocycles. The Balaban J connectivity index is 2.97. The van der Waals surface area contributed by atoms with E-state index in [1.165, 1.54) is 25.2 Å². The van der Waals surface area contributed by atoms with E-state index >= 15 is 0 Å². The molecular weight excluding hydrogens is 161 g/mol. The standard InChI is InChI=1S/C7H16NO2P/c1-2-3-4-5-6-8-7-11(9)10/h7-8H,2-6H2,1H3,(H,9,10). The lowest BCUT2D eigenvalue weighted by Gasteiger charge is -1.96. The van der Waals surface area contributed by atoms with Gasteiger partial charge in [0.25, 0.3) is 0 Å². The first-order valence-electron chi connectivity index (χ1n) is 3.99. The normalized spacial score (nSPS) is 12.1. The monoisotopic (exact) mass is 177 g/mol. The highest BCUT2D eigenvalue weighted by atomic mass is 31.1. The van der Waals surface area contributed by atoms with Crippen LogP contribution in [-0.4, -0.2) is 17.4 Å². The van der Waals surface area contributed by atoms with Gasteiger partial charge in [0.15, 0.2) is 5.92 Å². The highest BCUT2D eigenvalue weighted by molar-refractivity contribution is 7.43. The first kappa shape index (κ1) is 11.1. The summed E-state index contributed by atoms with van der Waals surface area (Å²) in [6.45, 7) is 2.96. The van der Waals surface area contributed by atoms with Crippen molar-refractivity contribution in [3.63, 3.8) is 0 Å². The van der Waals surface area contributed by atoms with Crippen LogP contribution in [-0.2, 0) is 0 Å². The quantitative estimate of drug-likeness (QED) is 0.461. The van der Waals surface area contributed by atoms with Crippen LogP contribution in [0.5, 0.6) is 0 Å². The van der Waals surface area contributed by atoms with Gasteiger partial charge in [0.2, 0.25) is 8.00 Å². The van der Waals surface area contributed by atoms with Crippen LogP contribution >= 0.6 is 8.00 Å². The van der Waals surface area contributed by atoms with Crippen LogP contribution in [0.1, 0.15) is 32.6 Å². The zero-order valence-electron chi connectivity index (χ0n) is 6.92. The first-order chi connectivity index (χ1) is 5.27. The zero-order chi connectivity index (χ0) is 8.53. The summed E-state index contributed by atoms with van der Waals surface area (Å²) in [6, 6.07) is 0. The molecule has 0 rings (SSSR count). The lowest BCUT2D eigenvalue weighted by atomic mass is 10.2. The molecule has 11 heavy (non-hydrogen) atoms. The largest absolute Gasteiger partial charge is 0.602 e. The third kappa shape index (κ3) is 10.1. The van der Waals surface area contributed by atoms with E-state index in [-0.39, 0.29) is 0 Å². The highest BCUT2D eigenvalue weighted by Crippen LogP contribution is 1.98. The van der Waals surface area contributed by atoms with Gasteiger partial charge in [-0.1, -0.05) is 26.2 Å². The summed E-state index contributed by atoms with van der Waals surface area (Å²) >= 11 is 0. The fraction of sp³-hybridized carbons (Fsp3) is 0.857. The number of hydrogen-bond donors (Lipinski definition) is 2. The van der Waals surface area contributed by atoms with Crippen LogP contribution < -0.4 is 10.2 Å². The Hall–Kier alpha value is 0.0500. The van der Waals surface area contributed by atoms with Crippen molar-refractivity contribution in [1.82, 2.24) is 5.32 Å². The Morgan fingerprint density at radius 2 is 2.18 bits per heavy atom. The molecule has 0 spiro atoms. The molecule has 0 saturated heterocycles. The summed E-state index contributed by atoms with van der Waals surface area (Å²) in [5.41, 5.74) is 0. The van der Waals surface area contributed by atoms with Crippen molar-refractivity contribution in [2.75, 3.05) is 6.54 Å². The molecule has 0 amide bonds. The van der Waals surface area contributed by atoms with Crippen molar-refractivity contribution in [3.8, 4) is 0 Å². The van der Waals surface area contributed by atoms with E-state index in [9.17, 15) is 4.89 Å². The molecule has 0 aliphatic carbocycles. The van der Waals surface area contributed by atoms with Crippen molar-refractivity contribution < 1.29 is 9.79 Å². The maximum Gasteiger partial charge on any atom is 0.229 e. The van der Waals surface area contributed by atoms with Crippen LogP contribution in [0.4, 0.5) is 0 Å². The maximum absolute atomic E-state index is 10.1. The predicted octanol–water partition coefficient (Wildman–Crippen LogP) is 0.580. The Bertz CT molecular complexity index is 113. The summed E-state index contributed by atoms with van der Waals surface area (Å²) in [5, 5.41) is 2.79. The van der Waals surface area contributed by atoms with Crippen LogP contribution in [0, 0.1) is 0 Å². The number of rotatable bonds is 6. The van der Waals surface area contributed by atoms with E-state index in [0.717, 1.165) is 13.0 Å². The number of nitrogens with one attached hydrogen (secondary N) is 1. The van der Waals surface area contributed by atoms with Crippen molar-refractivity contribution >= 4 is 13.9 Å². The van der Waals surface area contributed by atoms with Crippen molar-refractivity contribution in [2.24, 2.45) is 0 Å². The van der Waals surface area contributed by atoms with E-state index in [4.69, 9.17) is 4.89 Å². The molecule has 0 aliphatic heterocycles. The number of hydrogen-bond acceptors (Lipinski definition) is 2. The van der Waals surface area contributed by atoms with Gasteiger partial charge in [0.05, 0.1) is 0 Å². The van der Waals surface area contributed by atoms with Crippen molar-refractivity contribution in [2.45, 2.75) is 32.6 Å². The molecular formula is C7H16NO2P. The SMILES string of the molecule is CCCCCCN/C=[P+](/[O-])O. The van der Waals surface area contributed by atoms with Gasteiger partial charge in [-0.25, -0.2) is 0 Å². The third-order valence-electron chi connectivity index (χ3n) is 1.38. The smallest absolute Gasteiger partial charge is 0.229 e. The maximum atomic E-state index is 10.1. The topological polar surface area (TPSA) is 55.3 Å². The molecule has 0 aliphatic rings. The zero-order valence-corrected chi connectivity index (χ0v) is 7.81. The minimum Gasteiger partial charge on any atom is -0.602 e. The average Bonchev–Trinajstić information content (AvgIpc) is 1.96. The molecule has 0 saturated carbocycles. The summed E-state index contributed by atoms with van der Waals surface area (Å²) in [7, 11) is -2.11. The first-order valence-corrected chi connectivity index (χ1v) is 5.27. The van der Waals surface area contributed by atoms with Gasteiger partial charge in [-0.3, -0.25) is 5.32 Å². The van der Waals surface area contributed by atoms with Gasteiger partial charge in [-0.15, -0.1) is 0 Å². The Labute approximate surface area is 69.0 Å². The molecule has 1 unspecified atom stereocenters. The summed E-state index contributed by atoms with van der Waals surface area (Å²) in [5.74, 6) is 1.24. The van der Waals surface area contributed by atoms with Crippen molar-refractivity contribution in [1.29, 1.82) is 0 Å². The highest BCUT2D eigenvalue weighted by Gasteiger charge is 1.88. The van der Waals surface area contributed by atoms with E-state index in [1.807, 2.05) is 0 Å². The number of unbranched alkanes of at least 4 members (excludes halogenated alkanes) is 3. The lowest BCUT2D eigenvalue weighted by Crippen LogP contribution is -2.13. The molecule has 0 fully saturated rings. The van der Waals surface area contributed by atoms with Gasteiger partial charge < -0.3 is 4.89 Å². The molecule has 0 bridgehead atoms. The summed E-state index contributed by atoms with van der Waals surface area (Å²) in [6.07, 6.45) is 4.73. The second kappa shape index (κ2) is 8.15. The Morgan fingerprint density at radius 1 is 1.45 bits per heavy atom. The second-order valence-corrected chi connectivity index (χ2v) is 3.31.